The molecule has 0 radical (unpaired) electrons. The highest BCUT2D eigenvalue weighted by Gasteiger charge is 2.47. The standard InChI is InChI=1S/C22H32N2O3S.ClH/c1-26-18-4-2-6-21(18)7-3-12-24(15-21)20(25)17-14-16-5-13-27-22(19(16)28-17)8-10-23-11-9-22;/h14,18,23H,2-13,15H2,1H3;1H/t18-,21-;/m1./s1. The van der Waals surface area contributed by atoms with Gasteiger partial charge in [-0.3, -0.25) is 4.79 Å². The van der Waals surface area contributed by atoms with Gasteiger partial charge in [0.15, 0.2) is 0 Å². The van der Waals surface area contributed by atoms with E-state index in [9.17, 15) is 4.79 Å². The van der Waals surface area contributed by atoms with Crippen LogP contribution in [-0.4, -0.2) is 56.8 Å². The van der Waals surface area contributed by atoms with Gasteiger partial charge in [0.05, 0.1) is 17.6 Å². The van der Waals surface area contributed by atoms with E-state index in [1.54, 1.807) is 11.3 Å². The zero-order valence-electron chi connectivity index (χ0n) is 17.3. The van der Waals surface area contributed by atoms with E-state index in [-0.39, 0.29) is 29.3 Å². The highest BCUT2D eigenvalue weighted by atomic mass is 35.5. The molecule has 1 saturated carbocycles. The summed E-state index contributed by atoms with van der Waals surface area (Å²) >= 11 is 1.70. The maximum absolute atomic E-state index is 13.5. The van der Waals surface area contributed by atoms with E-state index in [0.29, 0.717) is 6.10 Å². The molecule has 0 aromatic carbocycles. The molecule has 2 saturated heterocycles. The van der Waals surface area contributed by atoms with Gasteiger partial charge in [-0.2, -0.15) is 0 Å². The Morgan fingerprint density at radius 1 is 1.28 bits per heavy atom. The average molecular weight is 441 g/mol. The lowest BCUT2D eigenvalue weighted by Gasteiger charge is -2.43. The second kappa shape index (κ2) is 8.46. The zero-order valence-corrected chi connectivity index (χ0v) is 19.0. The van der Waals surface area contributed by atoms with E-state index < -0.39 is 0 Å². The molecule has 1 amide bonds. The summed E-state index contributed by atoms with van der Waals surface area (Å²) in [7, 11) is 1.84. The minimum Gasteiger partial charge on any atom is -0.381 e. The molecular formula is C22H33ClN2O3S. The number of rotatable bonds is 2. The number of halogens is 1. The van der Waals surface area contributed by atoms with Gasteiger partial charge in [-0.05, 0) is 69.7 Å². The molecule has 0 unspecified atom stereocenters. The zero-order chi connectivity index (χ0) is 19.2. The summed E-state index contributed by atoms with van der Waals surface area (Å²) in [6.45, 7) is 4.50. The number of nitrogens with one attached hydrogen (secondary N) is 1. The lowest BCUT2D eigenvalue weighted by molar-refractivity contribution is -0.0771. The summed E-state index contributed by atoms with van der Waals surface area (Å²) in [5.41, 5.74) is 1.38. The van der Waals surface area contributed by atoms with Crippen molar-refractivity contribution >= 4 is 29.7 Å². The predicted octanol–water partition coefficient (Wildman–Crippen LogP) is 3.74. The number of thiophene rings is 1. The molecule has 1 aromatic heterocycles. The van der Waals surface area contributed by atoms with Gasteiger partial charge in [-0.25, -0.2) is 0 Å². The van der Waals surface area contributed by atoms with E-state index in [0.717, 1.165) is 69.8 Å². The number of likely N-dealkylation sites (tertiary alicyclic amines) is 1. The van der Waals surface area contributed by atoms with Crippen molar-refractivity contribution in [3.05, 3.63) is 21.4 Å². The molecule has 1 aromatic rings. The maximum atomic E-state index is 13.5. The van der Waals surface area contributed by atoms with E-state index in [1.807, 2.05) is 7.11 Å². The number of fused-ring (bicyclic) bond motifs is 2. The third kappa shape index (κ3) is 3.65. The molecule has 162 valence electrons. The van der Waals surface area contributed by atoms with Crippen LogP contribution in [0.4, 0.5) is 0 Å². The fraction of sp³-hybridized carbons (Fsp3) is 0.773. The smallest absolute Gasteiger partial charge is 0.263 e. The summed E-state index contributed by atoms with van der Waals surface area (Å²) < 4.78 is 12.1. The topological polar surface area (TPSA) is 50.8 Å². The molecule has 3 fully saturated rings. The lowest BCUT2D eigenvalue weighted by Crippen LogP contribution is -2.49. The Bertz CT molecular complexity index is 748. The second-order valence-electron chi connectivity index (χ2n) is 9.12. The van der Waals surface area contributed by atoms with Gasteiger partial charge >= 0.3 is 0 Å². The number of hydrogen-bond acceptors (Lipinski definition) is 5. The molecular weight excluding hydrogens is 408 g/mol. The van der Waals surface area contributed by atoms with Crippen LogP contribution in [0.3, 0.4) is 0 Å². The number of carbonyl (C=O) groups excluding carboxylic acids is 1. The molecule has 1 N–H and O–H groups in total. The highest BCUT2D eigenvalue weighted by molar-refractivity contribution is 7.14. The molecule has 7 heteroatoms. The molecule has 2 spiro atoms. The summed E-state index contributed by atoms with van der Waals surface area (Å²) in [6.07, 6.45) is 9.11. The fourth-order valence-corrected chi connectivity index (χ4v) is 7.54. The van der Waals surface area contributed by atoms with Crippen LogP contribution in [0, 0.1) is 5.41 Å². The van der Waals surface area contributed by atoms with Crippen LogP contribution in [0.15, 0.2) is 6.07 Å². The molecule has 1 aliphatic carbocycles. The van der Waals surface area contributed by atoms with Gasteiger partial charge in [-0.15, -0.1) is 23.7 Å². The molecule has 5 nitrogen and oxygen atoms in total. The molecule has 3 aliphatic heterocycles. The van der Waals surface area contributed by atoms with Gasteiger partial charge in [0.1, 0.15) is 5.60 Å². The summed E-state index contributed by atoms with van der Waals surface area (Å²) in [6, 6.07) is 2.18. The van der Waals surface area contributed by atoms with Gasteiger partial charge in [-0.1, -0.05) is 6.42 Å². The molecule has 5 rings (SSSR count). The van der Waals surface area contributed by atoms with Crippen molar-refractivity contribution in [1.29, 1.82) is 0 Å². The Kier molecular flexibility index (Phi) is 6.29. The molecule has 0 bridgehead atoms. The van der Waals surface area contributed by atoms with Crippen molar-refractivity contribution in [3.8, 4) is 0 Å². The van der Waals surface area contributed by atoms with Crippen LogP contribution in [0.25, 0.3) is 0 Å². The first-order chi connectivity index (χ1) is 13.7. The number of nitrogens with zero attached hydrogens (tertiary/aromatic N) is 1. The molecule has 4 aliphatic rings. The summed E-state index contributed by atoms with van der Waals surface area (Å²) in [5.74, 6) is 0.226. The van der Waals surface area contributed by atoms with Crippen molar-refractivity contribution in [2.75, 3.05) is 39.9 Å². The predicted molar refractivity (Wildman–Crippen MR) is 117 cm³/mol. The molecule has 29 heavy (non-hydrogen) atoms. The minimum atomic E-state index is -0.155. The van der Waals surface area contributed by atoms with Crippen molar-refractivity contribution in [1.82, 2.24) is 10.2 Å². The van der Waals surface area contributed by atoms with Crippen LogP contribution in [-0.2, 0) is 21.5 Å². The number of amides is 1. The number of hydrogen-bond donors (Lipinski definition) is 1. The number of carbonyl (C=O) groups is 1. The lowest BCUT2D eigenvalue weighted by atomic mass is 9.76. The third-order valence-corrected chi connectivity index (χ3v) is 8.95. The van der Waals surface area contributed by atoms with Crippen LogP contribution in [0.2, 0.25) is 0 Å². The summed E-state index contributed by atoms with van der Waals surface area (Å²) in [5, 5.41) is 3.44. The van der Waals surface area contributed by atoms with Crippen molar-refractivity contribution < 1.29 is 14.3 Å². The molecule has 2 atom stereocenters. The van der Waals surface area contributed by atoms with Crippen LogP contribution >= 0.6 is 23.7 Å². The number of ether oxygens (including phenoxy) is 2. The Balaban J connectivity index is 0.00000205. The van der Waals surface area contributed by atoms with Crippen molar-refractivity contribution in [3.63, 3.8) is 0 Å². The quantitative estimate of drug-likeness (QED) is 0.761. The summed E-state index contributed by atoms with van der Waals surface area (Å²) in [4.78, 5) is 17.8. The van der Waals surface area contributed by atoms with Gasteiger partial charge in [0, 0.05) is 30.5 Å². The Morgan fingerprint density at radius 3 is 2.86 bits per heavy atom. The third-order valence-electron chi connectivity index (χ3n) is 7.60. The molecule has 4 heterocycles. The number of piperidine rings is 2. The van der Waals surface area contributed by atoms with Crippen LogP contribution in [0.5, 0.6) is 0 Å². The monoisotopic (exact) mass is 440 g/mol. The Morgan fingerprint density at radius 2 is 2.07 bits per heavy atom. The highest BCUT2D eigenvalue weighted by Crippen LogP contribution is 2.48. The van der Waals surface area contributed by atoms with Gasteiger partial charge in [0.2, 0.25) is 0 Å². The normalized spacial score (nSPS) is 30.9. The number of methoxy groups -OCH3 is 1. The van der Waals surface area contributed by atoms with Crippen molar-refractivity contribution in [2.45, 2.75) is 63.1 Å². The van der Waals surface area contributed by atoms with E-state index in [2.05, 4.69) is 16.3 Å². The average Bonchev–Trinajstić information content (AvgIpc) is 3.33. The second-order valence-corrected chi connectivity index (χ2v) is 10.2. The SMILES string of the molecule is CO[C@@H]1CCC[C@]12CCCN(C(=O)c1cc3c(s1)C1(CCNCC1)OCC3)C2.Cl. The van der Waals surface area contributed by atoms with Gasteiger partial charge in [0.25, 0.3) is 5.91 Å². The Labute approximate surface area is 183 Å². The first-order valence-corrected chi connectivity index (χ1v) is 11.8. The maximum Gasteiger partial charge on any atom is 0.263 e. The van der Waals surface area contributed by atoms with E-state index in [4.69, 9.17) is 9.47 Å². The van der Waals surface area contributed by atoms with Gasteiger partial charge < -0.3 is 19.7 Å². The first-order valence-electron chi connectivity index (χ1n) is 11.0. The largest absolute Gasteiger partial charge is 0.381 e. The van der Waals surface area contributed by atoms with Crippen LogP contribution < -0.4 is 5.32 Å². The Hall–Kier alpha value is -0.660. The first kappa shape index (κ1) is 21.6. The van der Waals surface area contributed by atoms with Crippen LogP contribution in [0.1, 0.15) is 65.1 Å². The minimum absolute atomic E-state index is 0. The van der Waals surface area contributed by atoms with E-state index >= 15 is 0 Å². The van der Waals surface area contributed by atoms with Crippen molar-refractivity contribution in [2.24, 2.45) is 5.41 Å². The fourth-order valence-electron chi connectivity index (χ4n) is 6.16. The van der Waals surface area contributed by atoms with E-state index in [1.165, 1.54) is 29.7 Å².